The molecule has 2 N–H and O–H groups in total. The van der Waals surface area contributed by atoms with E-state index >= 15 is 0 Å². The number of carboxylic acids is 1. The van der Waals surface area contributed by atoms with Gasteiger partial charge in [-0.15, -0.1) is 0 Å². The van der Waals surface area contributed by atoms with Gasteiger partial charge in [0.05, 0.1) is 23.2 Å². The first-order valence-electron chi connectivity index (χ1n) is 14.1. The zero-order valence-electron chi connectivity index (χ0n) is 24.7. The molecule has 0 aliphatic carbocycles. The highest BCUT2D eigenvalue weighted by molar-refractivity contribution is 8.00. The minimum Gasteiger partial charge on any atom is -0.481 e. The van der Waals surface area contributed by atoms with Crippen LogP contribution in [-0.2, 0) is 16.8 Å². The van der Waals surface area contributed by atoms with Crippen molar-refractivity contribution in [2.45, 2.75) is 71.2 Å². The number of pyridine rings is 1. The van der Waals surface area contributed by atoms with Crippen molar-refractivity contribution in [3.8, 4) is 0 Å². The summed E-state index contributed by atoms with van der Waals surface area (Å²) in [5, 5.41) is 22.0. The van der Waals surface area contributed by atoms with E-state index < -0.39 is 11.6 Å². The van der Waals surface area contributed by atoms with Gasteiger partial charge in [0.1, 0.15) is 0 Å². The molecule has 1 heterocycles. The van der Waals surface area contributed by atoms with Gasteiger partial charge in [-0.1, -0.05) is 86.2 Å². The Morgan fingerprint density at radius 1 is 1.10 bits per heavy atom. The monoisotopic (exact) mass is 591 g/mol. The number of carboxylic acid groups (broad SMARTS) is 1. The number of aryl methyl sites for hydroxylation is 1. The highest BCUT2D eigenvalue weighted by Crippen LogP contribution is 2.34. The van der Waals surface area contributed by atoms with Crippen LogP contribution in [-0.4, -0.2) is 32.2 Å². The topological polar surface area (TPSA) is 70.4 Å². The van der Waals surface area contributed by atoms with E-state index in [0.29, 0.717) is 5.02 Å². The van der Waals surface area contributed by atoms with Crippen molar-refractivity contribution < 1.29 is 15.0 Å². The van der Waals surface area contributed by atoms with Crippen molar-refractivity contribution in [1.29, 1.82) is 0 Å². The molecule has 0 aliphatic heterocycles. The molecule has 4 nitrogen and oxygen atoms in total. The lowest BCUT2D eigenvalue weighted by Gasteiger charge is -2.27. The number of rotatable bonds is 14. The van der Waals surface area contributed by atoms with E-state index in [-0.39, 0.29) is 17.1 Å². The van der Waals surface area contributed by atoms with Crippen LogP contribution >= 0.6 is 23.4 Å². The van der Waals surface area contributed by atoms with Crippen LogP contribution in [0.25, 0.3) is 17.0 Å². The molecule has 1 atom stereocenters. The molecule has 0 saturated carbocycles. The molecule has 0 unspecified atom stereocenters. The van der Waals surface area contributed by atoms with Crippen LogP contribution in [0.1, 0.15) is 70.7 Å². The number of allylic oxidation sites excluding steroid dienone is 4. The van der Waals surface area contributed by atoms with Gasteiger partial charge in [0.15, 0.2) is 0 Å². The Labute approximate surface area is 254 Å². The van der Waals surface area contributed by atoms with Crippen LogP contribution in [0.4, 0.5) is 0 Å². The molecule has 0 bridgehead atoms. The molecule has 1 aromatic heterocycles. The molecular weight excluding hydrogens is 550 g/mol. The Kier molecular flexibility index (Phi) is 11.8. The van der Waals surface area contributed by atoms with Gasteiger partial charge in [0, 0.05) is 15.7 Å². The summed E-state index contributed by atoms with van der Waals surface area (Å²) in [5.41, 5.74) is 3.80. The van der Waals surface area contributed by atoms with Crippen LogP contribution < -0.4 is 0 Å². The number of benzene rings is 2. The predicted octanol–water partition coefficient (Wildman–Crippen LogP) is 9.26. The fraction of sp³-hybridized carbons (Fsp3) is 0.371. The summed E-state index contributed by atoms with van der Waals surface area (Å²) in [7, 11) is 0. The van der Waals surface area contributed by atoms with Gasteiger partial charge in [-0.3, -0.25) is 4.79 Å². The summed E-state index contributed by atoms with van der Waals surface area (Å²) in [5.74, 6) is -0.0454. The third-order valence-electron chi connectivity index (χ3n) is 6.84. The Balaban J connectivity index is 1.82. The fourth-order valence-corrected chi connectivity index (χ4v) is 6.42. The maximum absolute atomic E-state index is 11.4. The van der Waals surface area contributed by atoms with Gasteiger partial charge in [-0.05, 0) is 92.2 Å². The third kappa shape index (κ3) is 10.5. The number of hydrogen-bond acceptors (Lipinski definition) is 4. The standard InChI is InChI=1S/C35H42ClNO3S/c1-6-11-27(13-7-9-14-29-20-17-26-16-19-28(36)22-31(26)37-29)32(41-24-34(2,3)23-33(38)39)21-18-25-12-8-10-15-30(25)35(4,5)40/h6,8-17,19-20,22,32,40H,7,18,21,23-24H2,1-5H3,(H,38,39)/b11-6-,14-9+,27-13+/t32-/m1/s1. The SMILES string of the molecule is C/C=C\C(=C/C/C=C/c1ccc2ccc(Cl)cc2n1)[C@@H](CCc1ccccc1C(C)(C)O)SCC(C)(C)CC(=O)O. The number of carbonyl (C=O) groups is 1. The lowest BCUT2D eigenvalue weighted by atomic mass is 9.90. The predicted molar refractivity (Wildman–Crippen MR) is 176 cm³/mol. The Morgan fingerprint density at radius 3 is 2.54 bits per heavy atom. The molecule has 6 heteroatoms. The van der Waals surface area contributed by atoms with E-state index in [2.05, 4.69) is 36.4 Å². The number of fused-ring (bicyclic) bond motifs is 1. The molecule has 218 valence electrons. The number of hydrogen-bond donors (Lipinski definition) is 2. The zero-order chi connectivity index (χ0) is 30.0. The average molecular weight is 592 g/mol. The van der Waals surface area contributed by atoms with Crippen molar-refractivity contribution in [2.24, 2.45) is 5.41 Å². The van der Waals surface area contributed by atoms with Gasteiger partial charge in [-0.25, -0.2) is 4.98 Å². The average Bonchev–Trinajstić information content (AvgIpc) is 2.89. The molecule has 3 rings (SSSR count). The van der Waals surface area contributed by atoms with Crippen molar-refractivity contribution in [2.75, 3.05) is 5.75 Å². The number of thioether (sulfide) groups is 1. The Bertz CT molecular complexity index is 1420. The second-order valence-electron chi connectivity index (χ2n) is 11.7. The van der Waals surface area contributed by atoms with Crippen molar-refractivity contribution >= 4 is 46.3 Å². The minimum atomic E-state index is -0.919. The van der Waals surface area contributed by atoms with Gasteiger partial charge >= 0.3 is 5.97 Å². The van der Waals surface area contributed by atoms with E-state index in [1.807, 2.05) is 94.9 Å². The minimum absolute atomic E-state index is 0.129. The molecular formula is C35H42ClNO3S. The van der Waals surface area contributed by atoms with Gasteiger partial charge in [0.2, 0.25) is 0 Å². The van der Waals surface area contributed by atoms with Crippen LogP contribution in [0.15, 0.2) is 84.5 Å². The van der Waals surface area contributed by atoms with E-state index in [1.165, 1.54) is 5.57 Å². The van der Waals surface area contributed by atoms with Crippen LogP contribution in [0.5, 0.6) is 0 Å². The molecule has 3 aromatic rings. The molecule has 0 amide bonds. The number of halogens is 1. The molecule has 0 spiro atoms. The summed E-state index contributed by atoms with van der Waals surface area (Å²) >= 11 is 7.96. The van der Waals surface area contributed by atoms with Crippen LogP contribution in [0.3, 0.4) is 0 Å². The first-order chi connectivity index (χ1) is 19.4. The fourth-order valence-electron chi connectivity index (χ4n) is 4.85. The molecule has 41 heavy (non-hydrogen) atoms. The maximum atomic E-state index is 11.4. The van der Waals surface area contributed by atoms with Gasteiger partial charge in [-0.2, -0.15) is 11.8 Å². The number of aromatic nitrogens is 1. The maximum Gasteiger partial charge on any atom is 0.303 e. The van der Waals surface area contributed by atoms with Crippen molar-refractivity contribution in [3.63, 3.8) is 0 Å². The highest BCUT2D eigenvalue weighted by Gasteiger charge is 2.25. The smallest absolute Gasteiger partial charge is 0.303 e. The number of aliphatic hydroxyl groups is 1. The Morgan fingerprint density at radius 2 is 1.83 bits per heavy atom. The number of aliphatic carboxylic acids is 1. The first kappa shape index (κ1) is 32.7. The second-order valence-corrected chi connectivity index (χ2v) is 13.3. The molecule has 0 radical (unpaired) electrons. The lowest BCUT2D eigenvalue weighted by Crippen LogP contribution is -2.22. The van der Waals surface area contributed by atoms with E-state index in [0.717, 1.165) is 52.7 Å². The largest absolute Gasteiger partial charge is 0.481 e. The van der Waals surface area contributed by atoms with Crippen LogP contribution in [0.2, 0.25) is 5.02 Å². The van der Waals surface area contributed by atoms with Gasteiger partial charge < -0.3 is 10.2 Å². The summed E-state index contributed by atoms with van der Waals surface area (Å²) in [4.78, 5) is 16.2. The molecule has 0 fully saturated rings. The summed E-state index contributed by atoms with van der Waals surface area (Å²) in [6, 6.07) is 17.9. The van der Waals surface area contributed by atoms with Gasteiger partial charge in [0.25, 0.3) is 0 Å². The summed E-state index contributed by atoms with van der Waals surface area (Å²) in [6.45, 7) is 9.69. The Hall–Kier alpha value is -2.86. The molecule has 0 saturated heterocycles. The molecule has 0 aliphatic rings. The number of nitrogens with zero attached hydrogens (tertiary/aromatic N) is 1. The van der Waals surface area contributed by atoms with E-state index in [9.17, 15) is 15.0 Å². The lowest BCUT2D eigenvalue weighted by molar-refractivity contribution is -0.138. The molecule has 2 aromatic carbocycles. The normalized spacial score (nSPS) is 13.9. The summed E-state index contributed by atoms with van der Waals surface area (Å²) in [6.07, 6.45) is 13.2. The van der Waals surface area contributed by atoms with E-state index in [1.54, 1.807) is 0 Å². The van der Waals surface area contributed by atoms with Crippen molar-refractivity contribution in [1.82, 2.24) is 4.98 Å². The summed E-state index contributed by atoms with van der Waals surface area (Å²) < 4.78 is 0. The second kappa shape index (κ2) is 14.9. The zero-order valence-corrected chi connectivity index (χ0v) is 26.3. The highest BCUT2D eigenvalue weighted by atomic mass is 35.5. The van der Waals surface area contributed by atoms with E-state index in [4.69, 9.17) is 16.6 Å². The quantitative estimate of drug-likeness (QED) is 0.183. The van der Waals surface area contributed by atoms with Crippen molar-refractivity contribution in [3.05, 3.63) is 106 Å². The first-order valence-corrected chi connectivity index (χ1v) is 15.5. The third-order valence-corrected chi connectivity index (χ3v) is 8.94. The van der Waals surface area contributed by atoms with Crippen LogP contribution in [0, 0.1) is 5.41 Å².